The highest BCUT2D eigenvalue weighted by Crippen LogP contribution is 2.27. The molecule has 4 aromatic carbocycles. The summed E-state index contributed by atoms with van der Waals surface area (Å²) in [6.07, 6.45) is 0. The lowest BCUT2D eigenvalue weighted by Gasteiger charge is -2.27. The summed E-state index contributed by atoms with van der Waals surface area (Å²) in [5.41, 5.74) is 4.26. The van der Waals surface area contributed by atoms with Crippen LogP contribution in [-0.4, -0.2) is 20.9 Å². The van der Waals surface area contributed by atoms with E-state index in [2.05, 4.69) is 5.32 Å². The molecule has 0 spiro atoms. The van der Waals surface area contributed by atoms with Gasteiger partial charge in [-0.3, -0.25) is 9.10 Å². The highest BCUT2D eigenvalue weighted by atomic mass is 35.5. The topological polar surface area (TPSA) is 66.5 Å². The SMILES string of the molecule is Cc1ccc(N(CC(=O)NC(c2ccccc2)c2ccccc2C)S(=O)(=O)c2ccc(Cl)cc2)cc1. The summed E-state index contributed by atoms with van der Waals surface area (Å²) in [5, 5.41) is 3.50. The minimum atomic E-state index is -4.04. The van der Waals surface area contributed by atoms with E-state index in [0.717, 1.165) is 26.6 Å². The van der Waals surface area contributed by atoms with Crippen LogP contribution in [0.15, 0.2) is 108 Å². The molecule has 0 aliphatic heterocycles. The first kappa shape index (κ1) is 25.5. The fourth-order valence-corrected chi connectivity index (χ4v) is 5.54. The van der Waals surface area contributed by atoms with Gasteiger partial charge in [-0.1, -0.05) is 83.9 Å². The maximum atomic E-state index is 13.6. The second-order valence-corrected chi connectivity index (χ2v) is 10.9. The van der Waals surface area contributed by atoms with Crippen LogP contribution in [0.5, 0.6) is 0 Å². The maximum absolute atomic E-state index is 13.6. The van der Waals surface area contributed by atoms with E-state index in [0.29, 0.717) is 10.7 Å². The third kappa shape index (κ3) is 5.78. The molecule has 1 unspecified atom stereocenters. The van der Waals surface area contributed by atoms with Crippen LogP contribution in [0.1, 0.15) is 28.3 Å². The molecule has 0 fully saturated rings. The molecule has 4 rings (SSSR count). The molecule has 5 nitrogen and oxygen atoms in total. The Morgan fingerprint density at radius 3 is 2.08 bits per heavy atom. The Bertz CT molecular complexity index is 1440. The third-order valence-electron chi connectivity index (χ3n) is 5.95. The molecular formula is C29H27ClN2O3S. The first-order chi connectivity index (χ1) is 17.3. The normalized spacial score (nSPS) is 12.1. The van der Waals surface area contributed by atoms with Gasteiger partial charge in [-0.15, -0.1) is 0 Å². The number of aryl methyl sites for hydroxylation is 2. The van der Waals surface area contributed by atoms with Gasteiger partial charge in [-0.2, -0.15) is 0 Å². The Hall–Kier alpha value is -3.61. The van der Waals surface area contributed by atoms with Crippen molar-refractivity contribution < 1.29 is 13.2 Å². The Kier molecular flexibility index (Phi) is 7.77. The fourth-order valence-electron chi connectivity index (χ4n) is 3.99. The Balaban J connectivity index is 1.69. The van der Waals surface area contributed by atoms with Crippen molar-refractivity contribution in [3.63, 3.8) is 0 Å². The second-order valence-electron chi connectivity index (χ2n) is 8.57. The van der Waals surface area contributed by atoms with E-state index in [9.17, 15) is 13.2 Å². The number of benzene rings is 4. The van der Waals surface area contributed by atoms with Crippen LogP contribution < -0.4 is 9.62 Å². The molecular weight excluding hydrogens is 492 g/mol. The summed E-state index contributed by atoms with van der Waals surface area (Å²) in [5.74, 6) is -0.426. The smallest absolute Gasteiger partial charge is 0.264 e. The fraction of sp³-hybridized carbons (Fsp3) is 0.138. The number of sulfonamides is 1. The molecule has 7 heteroatoms. The number of hydrogen-bond acceptors (Lipinski definition) is 3. The molecule has 0 aromatic heterocycles. The van der Waals surface area contributed by atoms with Crippen molar-refractivity contribution in [1.29, 1.82) is 0 Å². The lowest BCUT2D eigenvalue weighted by atomic mass is 9.95. The van der Waals surface area contributed by atoms with Crippen molar-refractivity contribution >= 4 is 33.2 Å². The van der Waals surface area contributed by atoms with Gasteiger partial charge in [0, 0.05) is 5.02 Å². The molecule has 0 bridgehead atoms. The van der Waals surface area contributed by atoms with Crippen molar-refractivity contribution in [3.05, 3.63) is 130 Å². The highest BCUT2D eigenvalue weighted by molar-refractivity contribution is 7.92. The van der Waals surface area contributed by atoms with Crippen molar-refractivity contribution in [2.75, 3.05) is 10.8 Å². The van der Waals surface area contributed by atoms with Gasteiger partial charge in [0.15, 0.2) is 0 Å². The number of anilines is 1. The van der Waals surface area contributed by atoms with Crippen molar-refractivity contribution in [3.8, 4) is 0 Å². The van der Waals surface area contributed by atoms with Gasteiger partial charge in [0.2, 0.25) is 5.91 Å². The van der Waals surface area contributed by atoms with E-state index in [-0.39, 0.29) is 11.4 Å². The minimum absolute atomic E-state index is 0.0544. The third-order valence-corrected chi connectivity index (χ3v) is 7.99. The first-order valence-electron chi connectivity index (χ1n) is 11.5. The molecule has 0 saturated heterocycles. The number of nitrogens with one attached hydrogen (secondary N) is 1. The number of rotatable bonds is 8. The first-order valence-corrected chi connectivity index (χ1v) is 13.3. The number of halogens is 1. The summed E-state index contributed by atoms with van der Waals surface area (Å²) in [7, 11) is -4.04. The lowest BCUT2D eigenvalue weighted by molar-refractivity contribution is -0.120. The van der Waals surface area contributed by atoms with E-state index < -0.39 is 22.0 Å². The minimum Gasteiger partial charge on any atom is -0.344 e. The number of carbonyl (C=O) groups excluding carboxylic acids is 1. The van der Waals surface area contributed by atoms with Crippen molar-refractivity contribution in [1.82, 2.24) is 5.32 Å². The number of amides is 1. The molecule has 1 N–H and O–H groups in total. The zero-order valence-electron chi connectivity index (χ0n) is 20.1. The van der Waals surface area contributed by atoms with E-state index in [1.165, 1.54) is 24.3 Å². The van der Waals surface area contributed by atoms with Gasteiger partial charge in [0.1, 0.15) is 6.54 Å². The lowest BCUT2D eigenvalue weighted by Crippen LogP contribution is -2.42. The summed E-state index contributed by atoms with van der Waals surface area (Å²) in [6.45, 7) is 3.52. The Morgan fingerprint density at radius 2 is 1.44 bits per heavy atom. The van der Waals surface area contributed by atoms with Crippen molar-refractivity contribution in [2.45, 2.75) is 24.8 Å². The van der Waals surface area contributed by atoms with E-state index in [4.69, 9.17) is 11.6 Å². The average molecular weight is 519 g/mol. The molecule has 0 aliphatic carbocycles. The number of nitrogens with zero attached hydrogens (tertiary/aromatic N) is 1. The van der Waals surface area contributed by atoms with E-state index >= 15 is 0 Å². The van der Waals surface area contributed by atoms with E-state index in [1.807, 2.05) is 80.6 Å². The Morgan fingerprint density at radius 1 is 0.833 bits per heavy atom. The largest absolute Gasteiger partial charge is 0.344 e. The highest BCUT2D eigenvalue weighted by Gasteiger charge is 2.28. The van der Waals surface area contributed by atoms with Crippen LogP contribution in [0.2, 0.25) is 5.02 Å². The molecule has 1 atom stereocenters. The van der Waals surface area contributed by atoms with Crippen LogP contribution >= 0.6 is 11.6 Å². The Labute approximate surface area is 217 Å². The van der Waals surface area contributed by atoms with Crippen LogP contribution in [0.4, 0.5) is 5.69 Å². The summed E-state index contributed by atoms with van der Waals surface area (Å²) >= 11 is 5.97. The van der Waals surface area contributed by atoms with Crippen LogP contribution in [0.3, 0.4) is 0 Å². The monoisotopic (exact) mass is 518 g/mol. The molecule has 0 aliphatic rings. The van der Waals surface area contributed by atoms with Gasteiger partial charge in [0.05, 0.1) is 16.6 Å². The predicted octanol–water partition coefficient (Wildman–Crippen LogP) is 6.06. The molecule has 36 heavy (non-hydrogen) atoms. The predicted molar refractivity (Wildman–Crippen MR) is 145 cm³/mol. The average Bonchev–Trinajstić information content (AvgIpc) is 2.88. The molecule has 0 heterocycles. The second kappa shape index (κ2) is 11.0. The standard InChI is InChI=1S/C29H27ClN2O3S/c1-21-12-16-25(17-13-21)32(36(34,35)26-18-14-24(30)15-19-26)20-28(33)31-29(23-9-4-3-5-10-23)27-11-7-6-8-22(27)2/h3-19,29H,20H2,1-2H3,(H,31,33). The molecule has 1 amide bonds. The zero-order chi connectivity index (χ0) is 25.7. The van der Waals surface area contributed by atoms with Crippen LogP contribution in [0.25, 0.3) is 0 Å². The maximum Gasteiger partial charge on any atom is 0.264 e. The molecule has 4 aromatic rings. The molecule has 184 valence electrons. The molecule has 0 saturated carbocycles. The number of carbonyl (C=O) groups is 1. The van der Waals surface area contributed by atoms with Crippen LogP contribution in [0, 0.1) is 13.8 Å². The van der Waals surface area contributed by atoms with Crippen molar-refractivity contribution in [2.24, 2.45) is 0 Å². The zero-order valence-corrected chi connectivity index (χ0v) is 21.6. The van der Waals surface area contributed by atoms with E-state index in [1.54, 1.807) is 12.1 Å². The van der Waals surface area contributed by atoms with Gasteiger partial charge in [-0.05, 0) is 66.9 Å². The summed E-state index contributed by atoms with van der Waals surface area (Å²) in [4.78, 5) is 13.5. The van der Waals surface area contributed by atoms with Crippen LogP contribution in [-0.2, 0) is 14.8 Å². The quantitative estimate of drug-likeness (QED) is 0.308. The number of hydrogen-bond donors (Lipinski definition) is 1. The summed E-state index contributed by atoms with van der Waals surface area (Å²) < 4.78 is 28.4. The van der Waals surface area contributed by atoms with Gasteiger partial charge in [-0.25, -0.2) is 8.42 Å². The van der Waals surface area contributed by atoms with Gasteiger partial charge < -0.3 is 5.32 Å². The van der Waals surface area contributed by atoms with Gasteiger partial charge in [0.25, 0.3) is 10.0 Å². The molecule has 0 radical (unpaired) electrons. The van der Waals surface area contributed by atoms with Gasteiger partial charge >= 0.3 is 0 Å². The summed E-state index contributed by atoms with van der Waals surface area (Å²) in [6, 6.07) is 30.0.